The Morgan fingerprint density at radius 3 is 2.70 bits per heavy atom. The molecule has 2 aromatic carbocycles. The van der Waals surface area contributed by atoms with E-state index in [-0.39, 0.29) is 23.0 Å². The topological polar surface area (TPSA) is 88.2 Å². The van der Waals surface area contributed by atoms with Crippen LogP contribution in [0.25, 0.3) is 11.4 Å². The molecular formula is C19H16ClN3O3S. The number of Topliss-reactive ketones (excluding diaryl/α,β-unsaturated/α-hetero) is 1. The van der Waals surface area contributed by atoms with Gasteiger partial charge in [-0.05, 0) is 30.3 Å². The summed E-state index contributed by atoms with van der Waals surface area (Å²) in [6, 6.07) is 11.3. The van der Waals surface area contributed by atoms with E-state index in [1.165, 1.54) is 30.0 Å². The molecule has 0 atom stereocenters. The number of benzene rings is 2. The highest BCUT2D eigenvalue weighted by Crippen LogP contribution is 2.28. The maximum absolute atomic E-state index is 12.4. The lowest BCUT2D eigenvalue weighted by atomic mass is 10.1. The van der Waals surface area contributed by atoms with Gasteiger partial charge in [0.05, 0.1) is 5.75 Å². The first-order chi connectivity index (χ1) is 13.0. The number of ketones is 1. The van der Waals surface area contributed by atoms with E-state index in [4.69, 9.17) is 11.6 Å². The molecule has 1 heterocycles. The lowest BCUT2D eigenvalue weighted by molar-refractivity contribution is 0.102. The van der Waals surface area contributed by atoms with Gasteiger partial charge in [-0.1, -0.05) is 41.6 Å². The summed E-state index contributed by atoms with van der Waals surface area (Å²) in [7, 11) is 0. The van der Waals surface area contributed by atoms with Crippen LogP contribution in [-0.4, -0.2) is 36.5 Å². The number of halogens is 1. The molecule has 0 aliphatic carbocycles. The molecule has 1 aromatic heterocycles. The molecule has 0 unspecified atom stereocenters. The third-order valence-electron chi connectivity index (χ3n) is 3.74. The van der Waals surface area contributed by atoms with Crippen molar-refractivity contribution in [1.82, 2.24) is 14.8 Å². The summed E-state index contributed by atoms with van der Waals surface area (Å²) >= 11 is 7.29. The average Bonchev–Trinajstić information content (AvgIpc) is 3.05. The quantitative estimate of drug-likeness (QED) is 0.267. The molecule has 0 radical (unpaired) electrons. The Bertz CT molecular complexity index is 1000. The Balaban J connectivity index is 1.81. The summed E-state index contributed by atoms with van der Waals surface area (Å²) in [6.45, 7) is 4.24. The molecule has 138 valence electrons. The fraction of sp³-hybridized carbons (Fsp3) is 0.105. The van der Waals surface area contributed by atoms with Crippen LogP contribution >= 0.6 is 23.4 Å². The summed E-state index contributed by atoms with van der Waals surface area (Å²) in [5.41, 5.74) is 1.13. The van der Waals surface area contributed by atoms with E-state index in [0.717, 1.165) is 5.56 Å². The molecule has 0 fully saturated rings. The first-order valence-electron chi connectivity index (χ1n) is 7.97. The molecule has 27 heavy (non-hydrogen) atoms. The van der Waals surface area contributed by atoms with Crippen LogP contribution in [0.1, 0.15) is 10.4 Å². The van der Waals surface area contributed by atoms with Gasteiger partial charge in [0, 0.05) is 22.7 Å². The second kappa shape index (κ2) is 8.28. The number of hydrogen-bond acceptors (Lipinski definition) is 6. The molecule has 8 heteroatoms. The van der Waals surface area contributed by atoms with Gasteiger partial charge in [-0.15, -0.1) is 16.8 Å². The minimum Gasteiger partial charge on any atom is -0.504 e. The summed E-state index contributed by atoms with van der Waals surface area (Å²) in [4.78, 5) is 12.4. The van der Waals surface area contributed by atoms with Crippen molar-refractivity contribution < 1.29 is 15.0 Å². The normalized spacial score (nSPS) is 10.7. The fourth-order valence-electron chi connectivity index (χ4n) is 2.44. The van der Waals surface area contributed by atoms with Crippen LogP contribution in [-0.2, 0) is 6.54 Å². The molecule has 0 saturated carbocycles. The number of allylic oxidation sites excluding steroid dienone is 1. The van der Waals surface area contributed by atoms with Crippen LogP contribution < -0.4 is 0 Å². The highest BCUT2D eigenvalue weighted by Gasteiger charge is 2.16. The standard InChI is InChI=1S/C19H16ClN3O3S/c1-2-8-23-18(13-4-3-5-14(20)9-13)21-22-19(23)27-11-17(26)12-6-7-15(24)16(25)10-12/h2-7,9-10,24-25H,1,8,11H2. The first-order valence-corrected chi connectivity index (χ1v) is 9.34. The van der Waals surface area contributed by atoms with Gasteiger partial charge in [-0.25, -0.2) is 0 Å². The van der Waals surface area contributed by atoms with E-state index in [0.29, 0.717) is 28.1 Å². The van der Waals surface area contributed by atoms with Crippen LogP contribution in [0.2, 0.25) is 5.02 Å². The molecule has 0 bridgehead atoms. The number of carbonyl (C=O) groups excluding carboxylic acids is 1. The predicted octanol–water partition coefficient (Wildman–Crippen LogP) is 4.17. The van der Waals surface area contributed by atoms with Gasteiger partial charge >= 0.3 is 0 Å². The Labute approximate surface area is 165 Å². The van der Waals surface area contributed by atoms with E-state index >= 15 is 0 Å². The SMILES string of the molecule is C=CCn1c(SCC(=O)c2ccc(O)c(O)c2)nnc1-c1cccc(Cl)c1. The van der Waals surface area contributed by atoms with Gasteiger partial charge < -0.3 is 10.2 Å². The number of aromatic nitrogens is 3. The molecule has 0 aliphatic heterocycles. The van der Waals surface area contributed by atoms with Crippen molar-refractivity contribution in [2.75, 3.05) is 5.75 Å². The Kier molecular flexibility index (Phi) is 5.83. The average molecular weight is 402 g/mol. The van der Waals surface area contributed by atoms with Gasteiger partial charge in [0.1, 0.15) is 0 Å². The van der Waals surface area contributed by atoms with Gasteiger partial charge in [0.25, 0.3) is 0 Å². The maximum Gasteiger partial charge on any atom is 0.192 e. The van der Waals surface area contributed by atoms with Crippen LogP contribution in [0.4, 0.5) is 0 Å². The zero-order valence-electron chi connectivity index (χ0n) is 14.2. The number of hydrogen-bond donors (Lipinski definition) is 2. The number of phenols is 2. The van der Waals surface area contributed by atoms with Gasteiger partial charge in [0.15, 0.2) is 28.3 Å². The van der Waals surface area contributed by atoms with Crippen molar-refractivity contribution in [2.45, 2.75) is 11.7 Å². The van der Waals surface area contributed by atoms with Crippen molar-refractivity contribution in [3.63, 3.8) is 0 Å². The lowest BCUT2D eigenvalue weighted by Crippen LogP contribution is -2.05. The summed E-state index contributed by atoms with van der Waals surface area (Å²) in [5.74, 6) is -0.0583. The highest BCUT2D eigenvalue weighted by atomic mass is 35.5. The minimum atomic E-state index is -0.330. The van der Waals surface area contributed by atoms with Crippen molar-refractivity contribution >= 4 is 29.1 Å². The summed E-state index contributed by atoms with van der Waals surface area (Å²) < 4.78 is 1.85. The van der Waals surface area contributed by atoms with Crippen molar-refractivity contribution in [3.05, 3.63) is 65.7 Å². The van der Waals surface area contributed by atoms with Gasteiger partial charge in [0.2, 0.25) is 0 Å². The Morgan fingerprint density at radius 1 is 1.19 bits per heavy atom. The third kappa shape index (κ3) is 4.32. The fourth-order valence-corrected chi connectivity index (χ4v) is 3.47. The number of nitrogens with zero attached hydrogens (tertiary/aromatic N) is 3. The van der Waals surface area contributed by atoms with E-state index in [1.54, 1.807) is 18.2 Å². The van der Waals surface area contributed by atoms with Crippen LogP contribution in [0, 0.1) is 0 Å². The largest absolute Gasteiger partial charge is 0.504 e. The zero-order valence-corrected chi connectivity index (χ0v) is 15.7. The van der Waals surface area contributed by atoms with Crippen LogP contribution in [0.15, 0.2) is 60.3 Å². The zero-order chi connectivity index (χ0) is 19.4. The molecule has 3 rings (SSSR count). The summed E-state index contributed by atoms with van der Waals surface area (Å²) in [6.07, 6.45) is 1.72. The molecule has 2 N–H and O–H groups in total. The molecule has 0 saturated heterocycles. The third-order valence-corrected chi connectivity index (χ3v) is 4.94. The Hall–Kier alpha value is -2.77. The molecule has 0 spiro atoms. The molecule has 3 aromatic rings. The first kappa shape index (κ1) is 19.0. The lowest BCUT2D eigenvalue weighted by Gasteiger charge is -2.08. The molecule has 6 nitrogen and oxygen atoms in total. The van der Waals surface area contributed by atoms with Crippen LogP contribution in [0.3, 0.4) is 0 Å². The van der Waals surface area contributed by atoms with Gasteiger partial charge in [-0.3, -0.25) is 9.36 Å². The monoisotopic (exact) mass is 401 g/mol. The van der Waals surface area contributed by atoms with E-state index in [9.17, 15) is 15.0 Å². The summed E-state index contributed by atoms with van der Waals surface area (Å²) in [5, 5.41) is 28.5. The van der Waals surface area contributed by atoms with Crippen LogP contribution in [0.5, 0.6) is 11.5 Å². The molecule has 0 aliphatic rings. The van der Waals surface area contributed by atoms with E-state index in [1.807, 2.05) is 16.7 Å². The van der Waals surface area contributed by atoms with Crippen molar-refractivity contribution in [2.24, 2.45) is 0 Å². The second-order valence-corrected chi connectivity index (χ2v) is 7.01. The van der Waals surface area contributed by atoms with Gasteiger partial charge in [-0.2, -0.15) is 0 Å². The highest BCUT2D eigenvalue weighted by molar-refractivity contribution is 7.99. The Morgan fingerprint density at radius 2 is 2.00 bits per heavy atom. The molecule has 0 amide bonds. The van der Waals surface area contributed by atoms with E-state index < -0.39 is 0 Å². The number of aromatic hydroxyl groups is 2. The minimum absolute atomic E-state index is 0.106. The smallest absolute Gasteiger partial charge is 0.192 e. The number of carbonyl (C=O) groups is 1. The second-order valence-electron chi connectivity index (χ2n) is 5.63. The predicted molar refractivity (Wildman–Crippen MR) is 105 cm³/mol. The van der Waals surface area contributed by atoms with E-state index in [2.05, 4.69) is 16.8 Å². The van der Waals surface area contributed by atoms with Crippen molar-refractivity contribution in [3.8, 4) is 22.9 Å². The number of thioether (sulfide) groups is 1. The van der Waals surface area contributed by atoms with Crippen molar-refractivity contribution in [1.29, 1.82) is 0 Å². The number of rotatable bonds is 7. The maximum atomic E-state index is 12.4. The number of phenolic OH excluding ortho intramolecular Hbond substituents is 2. The molecular weight excluding hydrogens is 386 g/mol.